The summed E-state index contributed by atoms with van der Waals surface area (Å²) >= 11 is 0. The van der Waals surface area contributed by atoms with Crippen molar-refractivity contribution in [3.05, 3.63) is 53.7 Å². The van der Waals surface area contributed by atoms with E-state index >= 15 is 0 Å². The van der Waals surface area contributed by atoms with Crippen LogP contribution >= 0.6 is 0 Å². The third kappa shape index (κ3) is 4.80. The van der Waals surface area contributed by atoms with E-state index in [2.05, 4.69) is 9.97 Å². The Labute approximate surface area is 153 Å². The van der Waals surface area contributed by atoms with Gasteiger partial charge >= 0.3 is 0 Å². The zero-order valence-corrected chi connectivity index (χ0v) is 15.3. The highest BCUT2D eigenvalue weighted by atomic mass is 32.2. The van der Waals surface area contributed by atoms with Crippen molar-refractivity contribution in [2.24, 2.45) is 0 Å². The van der Waals surface area contributed by atoms with Crippen LogP contribution in [0, 0.1) is 0 Å². The van der Waals surface area contributed by atoms with Gasteiger partial charge in [0, 0.05) is 12.0 Å². The van der Waals surface area contributed by atoms with Crippen molar-refractivity contribution in [3.8, 4) is 11.8 Å². The summed E-state index contributed by atoms with van der Waals surface area (Å²) < 4.78 is 37.5. The molecule has 0 spiro atoms. The second kappa shape index (κ2) is 8.29. The maximum atomic E-state index is 12.6. The van der Waals surface area contributed by atoms with E-state index in [4.69, 9.17) is 9.47 Å². The number of rotatable bonds is 6. The number of hydrogen-bond acceptors (Lipinski definition) is 6. The first-order chi connectivity index (χ1) is 12.6. The summed E-state index contributed by atoms with van der Waals surface area (Å²) in [5.41, 5.74) is 0.840. The van der Waals surface area contributed by atoms with Gasteiger partial charge in [-0.25, -0.2) is 8.42 Å². The molecule has 1 aliphatic rings. The topological polar surface area (TPSA) is 81.6 Å². The Morgan fingerprint density at radius 2 is 1.96 bits per heavy atom. The fraction of sp³-hybridized carbons (Fsp3) is 0.333. The Morgan fingerprint density at radius 3 is 2.73 bits per heavy atom. The second-order valence-electron chi connectivity index (χ2n) is 5.90. The fourth-order valence-electron chi connectivity index (χ4n) is 2.70. The highest BCUT2D eigenvalue weighted by Gasteiger charge is 2.28. The molecule has 0 N–H and O–H groups in total. The molecule has 1 saturated heterocycles. The molecule has 2 heterocycles. The molecule has 0 bridgehead atoms. The van der Waals surface area contributed by atoms with Crippen LogP contribution < -0.4 is 9.47 Å². The quantitative estimate of drug-likeness (QED) is 0.771. The van der Waals surface area contributed by atoms with Gasteiger partial charge in [-0.05, 0) is 24.5 Å². The van der Waals surface area contributed by atoms with Crippen molar-refractivity contribution in [2.75, 3.05) is 20.2 Å². The smallest absolute Gasteiger partial charge is 0.236 e. The van der Waals surface area contributed by atoms with Crippen LogP contribution in [0.1, 0.15) is 18.4 Å². The first-order valence-corrected chi connectivity index (χ1v) is 9.83. The van der Waals surface area contributed by atoms with E-state index in [1.54, 1.807) is 6.08 Å². The number of piperidine rings is 1. The molecule has 26 heavy (non-hydrogen) atoms. The van der Waals surface area contributed by atoms with Crippen LogP contribution in [0.15, 0.2) is 48.1 Å². The Bertz CT molecular complexity index is 856. The number of methoxy groups -OCH3 is 1. The molecule has 0 aliphatic carbocycles. The SMILES string of the molecule is COc1cncc(OC2CCCN(S(=O)(=O)/C=C/c3ccccc3)C2)n1. The Hall–Kier alpha value is -2.45. The molecule has 138 valence electrons. The van der Waals surface area contributed by atoms with Crippen molar-refractivity contribution in [2.45, 2.75) is 18.9 Å². The van der Waals surface area contributed by atoms with Crippen molar-refractivity contribution >= 4 is 16.1 Å². The van der Waals surface area contributed by atoms with E-state index in [1.165, 1.54) is 29.2 Å². The molecule has 1 fully saturated rings. The third-order valence-electron chi connectivity index (χ3n) is 4.02. The molecule has 2 aromatic rings. The van der Waals surface area contributed by atoms with Crippen molar-refractivity contribution in [1.29, 1.82) is 0 Å². The number of hydrogen-bond donors (Lipinski definition) is 0. The van der Waals surface area contributed by atoms with Gasteiger partial charge < -0.3 is 9.47 Å². The number of ether oxygens (including phenoxy) is 2. The standard InChI is InChI=1S/C18H21N3O4S/c1-24-17-12-19-13-18(20-17)25-16-8-5-10-21(14-16)26(22,23)11-9-15-6-3-2-4-7-15/h2-4,6-7,9,11-13,16H,5,8,10,14H2,1H3/b11-9+. The van der Waals surface area contributed by atoms with E-state index in [0.29, 0.717) is 18.3 Å². The van der Waals surface area contributed by atoms with E-state index in [0.717, 1.165) is 18.4 Å². The normalized spacial score (nSPS) is 18.7. The fourth-order valence-corrected chi connectivity index (χ4v) is 3.96. The lowest BCUT2D eigenvalue weighted by atomic mass is 10.1. The van der Waals surface area contributed by atoms with Crippen LogP contribution in [0.2, 0.25) is 0 Å². The molecule has 1 aromatic carbocycles. The van der Waals surface area contributed by atoms with E-state index in [-0.39, 0.29) is 12.6 Å². The highest BCUT2D eigenvalue weighted by Crippen LogP contribution is 2.20. The van der Waals surface area contributed by atoms with Gasteiger partial charge in [-0.1, -0.05) is 30.3 Å². The number of benzene rings is 1. The van der Waals surface area contributed by atoms with Crippen molar-refractivity contribution < 1.29 is 17.9 Å². The second-order valence-corrected chi connectivity index (χ2v) is 7.72. The van der Waals surface area contributed by atoms with Crippen LogP contribution in [0.5, 0.6) is 11.8 Å². The minimum atomic E-state index is -3.51. The van der Waals surface area contributed by atoms with Crippen molar-refractivity contribution in [3.63, 3.8) is 0 Å². The zero-order valence-electron chi connectivity index (χ0n) is 14.5. The molecule has 0 saturated carbocycles. The molecular formula is C18H21N3O4S. The highest BCUT2D eigenvalue weighted by molar-refractivity contribution is 7.92. The minimum Gasteiger partial charge on any atom is -0.480 e. The van der Waals surface area contributed by atoms with E-state index < -0.39 is 10.0 Å². The molecule has 1 atom stereocenters. The summed E-state index contributed by atoms with van der Waals surface area (Å²) in [6, 6.07) is 9.34. The molecule has 0 amide bonds. The predicted octanol–water partition coefficient (Wildman–Crippen LogP) is 2.33. The summed E-state index contributed by atoms with van der Waals surface area (Å²) in [6.07, 6.45) is 5.79. The number of aromatic nitrogens is 2. The summed E-state index contributed by atoms with van der Waals surface area (Å²) in [7, 11) is -2.01. The zero-order chi connectivity index (χ0) is 18.4. The molecule has 7 nitrogen and oxygen atoms in total. The lowest BCUT2D eigenvalue weighted by Crippen LogP contribution is -2.43. The van der Waals surface area contributed by atoms with Crippen LogP contribution in [-0.2, 0) is 10.0 Å². The molecule has 3 rings (SSSR count). The Morgan fingerprint density at radius 1 is 1.19 bits per heavy atom. The van der Waals surface area contributed by atoms with Gasteiger partial charge in [0.25, 0.3) is 0 Å². The lowest BCUT2D eigenvalue weighted by molar-refractivity contribution is 0.124. The monoisotopic (exact) mass is 375 g/mol. The molecule has 0 radical (unpaired) electrons. The van der Waals surface area contributed by atoms with Gasteiger partial charge in [0.1, 0.15) is 6.10 Å². The summed E-state index contributed by atoms with van der Waals surface area (Å²) in [6.45, 7) is 0.755. The van der Waals surface area contributed by atoms with Gasteiger partial charge in [-0.15, -0.1) is 0 Å². The maximum absolute atomic E-state index is 12.6. The lowest BCUT2D eigenvalue weighted by Gasteiger charge is -2.30. The maximum Gasteiger partial charge on any atom is 0.236 e. The van der Waals surface area contributed by atoms with Crippen LogP contribution in [0.3, 0.4) is 0 Å². The Kier molecular flexibility index (Phi) is 5.85. The van der Waals surface area contributed by atoms with E-state index in [1.807, 2.05) is 30.3 Å². The average molecular weight is 375 g/mol. The van der Waals surface area contributed by atoms with Gasteiger partial charge in [0.15, 0.2) is 0 Å². The van der Waals surface area contributed by atoms with Gasteiger partial charge in [0.05, 0.1) is 26.0 Å². The van der Waals surface area contributed by atoms with E-state index in [9.17, 15) is 8.42 Å². The van der Waals surface area contributed by atoms with Gasteiger partial charge in [-0.2, -0.15) is 9.29 Å². The largest absolute Gasteiger partial charge is 0.480 e. The predicted molar refractivity (Wildman–Crippen MR) is 98.2 cm³/mol. The van der Waals surface area contributed by atoms with Crippen molar-refractivity contribution in [1.82, 2.24) is 14.3 Å². The first kappa shape index (κ1) is 18.3. The first-order valence-electron chi connectivity index (χ1n) is 8.33. The van der Waals surface area contributed by atoms with Crippen LogP contribution in [-0.4, -0.2) is 49.0 Å². The summed E-state index contributed by atoms with van der Waals surface area (Å²) in [5, 5.41) is 1.25. The van der Waals surface area contributed by atoms with Crippen LogP contribution in [0.4, 0.5) is 0 Å². The minimum absolute atomic E-state index is 0.273. The van der Waals surface area contributed by atoms with Gasteiger partial charge in [-0.3, -0.25) is 4.98 Å². The van der Waals surface area contributed by atoms with Gasteiger partial charge in [0.2, 0.25) is 21.8 Å². The molecular weight excluding hydrogens is 354 g/mol. The summed E-state index contributed by atoms with van der Waals surface area (Å²) in [5.74, 6) is 0.682. The average Bonchev–Trinajstić information content (AvgIpc) is 2.68. The summed E-state index contributed by atoms with van der Waals surface area (Å²) in [4.78, 5) is 8.16. The molecule has 1 aliphatic heterocycles. The van der Waals surface area contributed by atoms with Crippen LogP contribution in [0.25, 0.3) is 6.08 Å². The number of nitrogens with zero attached hydrogens (tertiary/aromatic N) is 3. The molecule has 1 unspecified atom stereocenters. The molecule has 1 aromatic heterocycles. The number of sulfonamides is 1. The third-order valence-corrected chi connectivity index (χ3v) is 5.55. The Balaban J connectivity index is 1.66. The molecule has 8 heteroatoms.